The second kappa shape index (κ2) is 6.44. The second-order valence-corrected chi connectivity index (χ2v) is 6.74. The van der Waals surface area contributed by atoms with E-state index in [9.17, 15) is 13.2 Å². The molecule has 1 aliphatic carbocycles. The van der Waals surface area contributed by atoms with E-state index in [0.29, 0.717) is 18.8 Å². The van der Waals surface area contributed by atoms with Gasteiger partial charge in [0.2, 0.25) is 10.0 Å². The minimum atomic E-state index is -3.44. The van der Waals surface area contributed by atoms with E-state index >= 15 is 0 Å². The molecule has 0 heterocycles. The number of sulfonamides is 1. The maximum atomic E-state index is 12.0. The van der Waals surface area contributed by atoms with Crippen molar-refractivity contribution in [2.45, 2.75) is 37.6 Å². The summed E-state index contributed by atoms with van der Waals surface area (Å²) in [5, 5.41) is 2.75. The third-order valence-corrected chi connectivity index (χ3v) is 4.90. The fraction of sp³-hybridized carbons (Fsp3) is 0.500. The maximum absolute atomic E-state index is 12.0. The fourth-order valence-electron chi connectivity index (χ4n) is 1.92. The van der Waals surface area contributed by atoms with E-state index in [0.717, 1.165) is 12.8 Å². The quantitative estimate of drug-likeness (QED) is 0.843. The molecule has 1 saturated carbocycles. The van der Waals surface area contributed by atoms with E-state index in [-0.39, 0.29) is 17.0 Å². The summed E-state index contributed by atoms with van der Waals surface area (Å²) in [5.74, 6) is 0. The van der Waals surface area contributed by atoms with Gasteiger partial charge < -0.3 is 10.2 Å². The van der Waals surface area contributed by atoms with Gasteiger partial charge in [0.1, 0.15) is 0 Å². The summed E-state index contributed by atoms with van der Waals surface area (Å²) in [6.07, 6.45) is 1.80. The minimum absolute atomic E-state index is 0.0806. The van der Waals surface area contributed by atoms with E-state index in [1.54, 1.807) is 17.0 Å². The molecule has 1 aromatic carbocycles. The van der Waals surface area contributed by atoms with Crippen molar-refractivity contribution in [3.05, 3.63) is 24.3 Å². The lowest BCUT2D eigenvalue weighted by molar-refractivity contribution is 0.217. The highest BCUT2D eigenvalue weighted by molar-refractivity contribution is 7.89. The van der Waals surface area contributed by atoms with Crippen LogP contribution in [-0.4, -0.2) is 38.5 Å². The molecule has 1 aliphatic rings. The van der Waals surface area contributed by atoms with Gasteiger partial charge in [0, 0.05) is 24.8 Å². The predicted molar refractivity (Wildman–Crippen MR) is 81.7 cm³/mol. The average molecular weight is 311 g/mol. The molecule has 2 N–H and O–H groups in total. The van der Waals surface area contributed by atoms with Crippen LogP contribution < -0.4 is 10.0 Å². The van der Waals surface area contributed by atoms with Crippen LogP contribution in [0, 0.1) is 0 Å². The Morgan fingerprint density at radius 2 is 1.76 bits per heavy atom. The van der Waals surface area contributed by atoms with Crippen molar-refractivity contribution >= 4 is 21.7 Å². The van der Waals surface area contributed by atoms with Crippen LogP contribution in [0.4, 0.5) is 10.5 Å². The lowest BCUT2D eigenvalue weighted by atomic mass is 10.3. The summed E-state index contributed by atoms with van der Waals surface area (Å²) in [6.45, 7) is 5.06. The Labute approximate surface area is 125 Å². The predicted octanol–water partition coefficient (Wildman–Crippen LogP) is 2.00. The van der Waals surface area contributed by atoms with Gasteiger partial charge in [-0.3, -0.25) is 0 Å². The number of nitrogens with zero attached hydrogens (tertiary/aromatic N) is 1. The van der Waals surface area contributed by atoms with Crippen LogP contribution in [0.15, 0.2) is 29.2 Å². The molecule has 21 heavy (non-hydrogen) atoms. The standard InChI is InChI=1S/C14H21N3O3S/c1-3-17(4-2)14(18)15-11-7-9-13(10-8-11)21(19,20)16-12-5-6-12/h7-10,12,16H,3-6H2,1-2H3,(H,15,18). The molecule has 0 aromatic heterocycles. The Morgan fingerprint density at radius 3 is 2.24 bits per heavy atom. The first-order chi connectivity index (χ1) is 9.96. The number of carbonyl (C=O) groups excluding carboxylic acids is 1. The number of carbonyl (C=O) groups is 1. The average Bonchev–Trinajstić information content (AvgIpc) is 3.24. The van der Waals surface area contributed by atoms with Crippen LogP contribution in [-0.2, 0) is 10.0 Å². The summed E-state index contributed by atoms with van der Waals surface area (Å²) in [7, 11) is -3.44. The monoisotopic (exact) mass is 311 g/mol. The molecular weight excluding hydrogens is 290 g/mol. The van der Waals surface area contributed by atoms with Crippen molar-refractivity contribution in [1.82, 2.24) is 9.62 Å². The number of anilines is 1. The van der Waals surface area contributed by atoms with Crippen LogP contribution in [0.3, 0.4) is 0 Å². The van der Waals surface area contributed by atoms with Gasteiger partial charge in [-0.05, 0) is 51.0 Å². The van der Waals surface area contributed by atoms with Crippen LogP contribution in [0.2, 0.25) is 0 Å². The molecule has 116 valence electrons. The highest BCUT2D eigenvalue weighted by atomic mass is 32.2. The lowest BCUT2D eigenvalue weighted by Crippen LogP contribution is -2.34. The molecule has 7 heteroatoms. The first-order valence-electron chi connectivity index (χ1n) is 7.14. The number of rotatable bonds is 6. The van der Waals surface area contributed by atoms with Crippen molar-refractivity contribution in [1.29, 1.82) is 0 Å². The lowest BCUT2D eigenvalue weighted by Gasteiger charge is -2.19. The van der Waals surface area contributed by atoms with Crippen molar-refractivity contribution in [2.24, 2.45) is 0 Å². The number of nitrogens with one attached hydrogen (secondary N) is 2. The number of amides is 2. The van der Waals surface area contributed by atoms with Gasteiger partial charge in [-0.1, -0.05) is 0 Å². The van der Waals surface area contributed by atoms with Crippen molar-refractivity contribution in [3.8, 4) is 0 Å². The van der Waals surface area contributed by atoms with E-state index in [4.69, 9.17) is 0 Å². The first kappa shape index (κ1) is 15.8. The van der Waals surface area contributed by atoms with Gasteiger partial charge in [-0.25, -0.2) is 17.9 Å². The van der Waals surface area contributed by atoms with Gasteiger partial charge in [-0.2, -0.15) is 0 Å². The van der Waals surface area contributed by atoms with Crippen LogP contribution in [0.5, 0.6) is 0 Å². The summed E-state index contributed by atoms with van der Waals surface area (Å²) in [6, 6.07) is 6.10. The zero-order valence-corrected chi connectivity index (χ0v) is 13.1. The third kappa shape index (κ3) is 4.18. The Morgan fingerprint density at radius 1 is 1.19 bits per heavy atom. The molecular formula is C14H21N3O3S. The Kier molecular flexibility index (Phi) is 4.84. The van der Waals surface area contributed by atoms with Gasteiger partial charge in [0.05, 0.1) is 4.90 Å². The van der Waals surface area contributed by atoms with Crippen LogP contribution >= 0.6 is 0 Å². The van der Waals surface area contributed by atoms with Crippen LogP contribution in [0.1, 0.15) is 26.7 Å². The van der Waals surface area contributed by atoms with Crippen molar-refractivity contribution < 1.29 is 13.2 Å². The smallest absolute Gasteiger partial charge is 0.321 e. The molecule has 6 nitrogen and oxygen atoms in total. The fourth-order valence-corrected chi connectivity index (χ4v) is 3.22. The first-order valence-corrected chi connectivity index (χ1v) is 8.63. The van der Waals surface area contributed by atoms with Gasteiger partial charge in [-0.15, -0.1) is 0 Å². The summed E-state index contributed by atoms with van der Waals surface area (Å²) >= 11 is 0. The minimum Gasteiger partial charge on any atom is -0.325 e. The molecule has 0 saturated heterocycles. The molecule has 0 unspecified atom stereocenters. The molecule has 2 amide bonds. The molecule has 0 aliphatic heterocycles. The van der Waals surface area contributed by atoms with Gasteiger partial charge in [0.25, 0.3) is 0 Å². The number of benzene rings is 1. The zero-order chi connectivity index (χ0) is 15.5. The van der Waals surface area contributed by atoms with E-state index in [2.05, 4.69) is 10.0 Å². The molecule has 0 atom stereocenters. The second-order valence-electron chi connectivity index (χ2n) is 5.02. The van der Waals surface area contributed by atoms with E-state index < -0.39 is 10.0 Å². The largest absolute Gasteiger partial charge is 0.325 e. The maximum Gasteiger partial charge on any atom is 0.321 e. The zero-order valence-electron chi connectivity index (χ0n) is 12.3. The number of hydrogen-bond acceptors (Lipinski definition) is 3. The summed E-state index contributed by atoms with van der Waals surface area (Å²) in [4.78, 5) is 13.8. The van der Waals surface area contributed by atoms with Gasteiger partial charge >= 0.3 is 6.03 Å². The molecule has 0 spiro atoms. The molecule has 0 radical (unpaired) electrons. The molecule has 0 bridgehead atoms. The normalized spacial score (nSPS) is 14.8. The third-order valence-electron chi connectivity index (χ3n) is 3.37. The summed E-state index contributed by atoms with van der Waals surface area (Å²) < 4.78 is 26.6. The van der Waals surface area contributed by atoms with E-state index in [1.165, 1.54) is 12.1 Å². The highest BCUT2D eigenvalue weighted by Gasteiger charge is 2.27. The molecule has 1 fully saturated rings. The molecule has 1 aromatic rings. The Bertz CT molecular complexity index is 590. The summed E-state index contributed by atoms with van der Waals surface area (Å²) in [5.41, 5.74) is 0.581. The topological polar surface area (TPSA) is 78.5 Å². The highest BCUT2D eigenvalue weighted by Crippen LogP contribution is 2.22. The van der Waals surface area contributed by atoms with Crippen LogP contribution in [0.25, 0.3) is 0 Å². The molecule has 2 rings (SSSR count). The van der Waals surface area contributed by atoms with E-state index in [1.807, 2.05) is 13.8 Å². The Balaban J connectivity index is 2.03. The Hall–Kier alpha value is -1.60. The number of urea groups is 1. The van der Waals surface area contributed by atoms with Crippen molar-refractivity contribution in [3.63, 3.8) is 0 Å². The van der Waals surface area contributed by atoms with Gasteiger partial charge in [0.15, 0.2) is 0 Å². The SMILES string of the molecule is CCN(CC)C(=O)Nc1ccc(S(=O)(=O)NC2CC2)cc1. The van der Waals surface area contributed by atoms with Crippen molar-refractivity contribution in [2.75, 3.05) is 18.4 Å². The number of hydrogen-bond donors (Lipinski definition) is 2.